The van der Waals surface area contributed by atoms with Crippen LogP contribution in [0.5, 0.6) is 5.75 Å². The molecule has 1 aromatic rings. The Hall–Kier alpha value is -1.55. The lowest BCUT2D eigenvalue weighted by Gasteiger charge is -2.38. The van der Waals surface area contributed by atoms with Crippen molar-refractivity contribution in [3.63, 3.8) is 0 Å². The van der Waals surface area contributed by atoms with Crippen molar-refractivity contribution in [3.8, 4) is 5.75 Å². The number of piperidine rings is 1. The van der Waals surface area contributed by atoms with E-state index < -0.39 is 5.97 Å². The normalized spacial score (nSPS) is 23.5. The SMILES string of the molecule is C[C@@H]1CCC[C@H](C)N1CCOc1ccccc1C(=O)O. The summed E-state index contributed by atoms with van der Waals surface area (Å²) in [6.07, 6.45) is 3.76. The molecule has 0 bridgehead atoms. The van der Waals surface area contributed by atoms with Gasteiger partial charge in [-0.2, -0.15) is 0 Å². The van der Waals surface area contributed by atoms with Crippen molar-refractivity contribution in [2.24, 2.45) is 0 Å². The first-order chi connectivity index (χ1) is 9.59. The first-order valence-corrected chi connectivity index (χ1v) is 7.30. The van der Waals surface area contributed by atoms with Gasteiger partial charge in [-0.25, -0.2) is 4.79 Å². The summed E-state index contributed by atoms with van der Waals surface area (Å²) in [5, 5.41) is 9.11. The number of ether oxygens (including phenoxy) is 1. The van der Waals surface area contributed by atoms with Crippen molar-refractivity contribution < 1.29 is 14.6 Å². The van der Waals surface area contributed by atoms with E-state index in [-0.39, 0.29) is 5.56 Å². The third-order valence-corrected chi connectivity index (χ3v) is 4.10. The zero-order chi connectivity index (χ0) is 14.5. The predicted octanol–water partition coefficient (Wildman–Crippen LogP) is 3.03. The highest BCUT2D eigenvalue weighted by Crippen LogP contribution is 2.22. The Morgan fingerprint density at radius 1 is 1.30 bits per heavy atom. The maximum atomic E-state index is 11.1. The summed E-state index contributed by atoms with van der Waals surface area (Å²) < 4.78 is 5.68. The first-order valence-electron chi connectivity index (χ1n) is 7.30. The topological polar surface area (TPSA) is 49.8 Å². The summed E-state index contributed by atoms with van der Waals surface area (Å²) in [7, 11) is 0. The van der Waals surface area contributed by atoms with Gasteiger partial charge in [-0.1, -0.05) is 18.6 Å². The molecular formula is C16H23NO3. The second-order valence-electron chi connectivity index (χ2n) is 5.52. The third kappa shape index (κ3) is 3.51. The molecule has 1 aliphatic rings. The Morgan fingerprint density at radius 3 is 2.60 bits per heavy atom. The zero-order valence-corrected chi connectivity index (χ0v) is 12.2. The average molecular weight is 277 g/mol. The number of aromatic carboxylic acids is 1. The van der Waals surface area contributed by atoms with Crippen LogP contribution < -0.4 is 4.74 Å². The van der Waals surface area contributed by atoms with Gasteiger partial charge in [-0.15, -0.1) is 0 Å². The van der Waals surface area contributed by atoms with Gasteiger partial charge >= 0.3 is 5.97 Å². The van der Waals surface area contributed by atoms with Gasteiger partial charge in [0, 0.05) is 18.6 Å². The van der Waals surface area contributed by atoms with Gasteiger partial charge in [0.05, 0.1) is 0 Å². The van der Waals surface area contributed by atoms with Crippen molar-refractivity contribution in [2.45, 2.75) is 45.2 Å². The molecule has 4 nitrogen and oxygen atoms in total. The second kappa shape index (κ2) is 6.75. The number of carboxylic acids is 1. The van der Waals surface area contributed by atoms with E-state index in [2.05, 4.69) is 18.7 Å². The summed E-state index contributed by atoms with van der Waals surface area (Å²) in [5.74, 6) is -0.488. The largest absolute Gasteiger partial charge is 0.491 e. The number of benzene rings is 1. The van der Waals surface area contributed by atoms with Crippen molar-refractivity contribution in [1.82, 2.24) is 4.90 Å². The minimum absolute atomic E-state index is 0.229. The lowest BCUT2D eigenvalue weighted by Crippen LogP contribution is -2.45. The van der Waals surface area contributed by atoms with Crippen LogP contribution in [0.4, 0.5) is 0 Å². The minimum atomic E-state index is -0.944. The number of carbonyl (C=O) groups is 1. The average Bonchev–Trinajstić information content (AvgIpc) is 2.42. The van der Waals surface area contributed by atoms with Crippen LogP contribution in [0.1, 0.15) is 43.5 Å². The summed E-state index contributed by atoms with van der Waals surface area (Å²) in [4.78, 5) is 13.6. The van der Waals surface area contributed by atoms with E-state index in [0.29, 0.717) is 24.4 Å². The highest BCUT2D eigenvalue weighted by molar-refractivity contribution is 5.90. The molecule has 0 aliphatic carbocycles. The molecule has 0 aromatic heterocycles. The van der Waals surface area contributed by atoms with Gasteiger partial charge in [0.15, 0.2) is 0 Å². The van der Waals surface area contributed by atoms with Crippen LogP contribution in [0.3, 0.4) is 0 Å². The standard InChI is InChI=1S/C16H23NO3/c1-12-6-5-7-13(2)17(12)10-11-20-15-9-4-3-8-14(15)16(18)19/h3-4,8-9,12-13H,5-7,10-11H2,1-2H3,(H,18,19)/t12-,13+. The highest BCUT2D eigenvalue weighted by atomic mass is 16.5. The fourth-order valence-electron chi connectivity index (χ4n) is 2.95. The molecule has 2 atom stereocenters. The van der Waals surface area contributed by atoms with E-state index in [1.54, 1.807) is 24.3 Å². The van der Waals surface area contributed by atoms with Gasteiger partial charge < -0.3 is 9.84 Å². The van der Waals surface area contributed by atoms with Crippen molar-refractivity contribution in [2.75, 3.05) is 13.2 Å². The Balaban J connectivity index is 1.91. The van der Waals surface area contributed by atoms with Gasteiger partial charge in [0.1, 0.15) is 17.9 Å². The smallest absolute Gasteiger partial charge is 0.339 e. The molecule has 1 saturated heterocycles. The zero-order valence-electron chi connectivity index (χ0n) is 12.2. The van der Waals surface area contributed by atoms with Crippen LogP contribution in [0.2, 0.25) is 0 Å². The molecule has 1 aromatic carbocycles. The molecule has 1 fully saturated rings. The Morgan fingerprint density at radius 2 is 1.95 bits per heavy atom. The number of hydrogen-bond acceptors (Lipinski definition) is 3. The van der Waals surface area contributed by atoms with Crippen LogP contribution in [-0.2, 0) is 0 Å². The quantitative estimate of drug-likeness (QED) is 0.898. The third-order valence-electron chi connectivity index (χ3n) is 4.10. The van der Waals surface area contributed by atoms with E-state index >= 15 is 0 Å². The number of nitrogens with zero attached hydrogens (tertiary/aromatic N) is 1. The van der Waals surface area contributed by atoms with Gasteiger partial charge in [0.25, 0.3) is 0 Å². The number of hydrogen-bond donors (Lipinski definition) is 1. The van der Waals surface area contributed by atoms with Crippen molar-refractivity contribution in [1.29, 1.82) is 0 Å². The summed E-state index contributed by atoms with van der Waals surface area (Å²) in [6, 6.07) is 7.96. The van der Waals surface area contributed by atoms with Crippen LogP contribution in [0, 0.1) is 0 Å². The molecule has 0 amide bonds. The second-order valence-corrected chi connectivity index (χ2v) is 5.52. The Labute approximate surface area is 120 Å². The summed E-state index contributed by atoms with van der Waals surface area (Å²) in [5.41, 5.74) is 0.229. The molecule has 0 spiro atoms. The molecule has 20 heavy (non-hydrogen) atoms. The van der Waals surface area contributed by atoms with Crippen molar-refractivity contribution >= 4 is 5.97 Å². The highest BCUT2D eigenvalue weighted by Gasteiger charge is 2.24. The van der Waals surface area contributed by atoms with Crippen LogP contribution in [0.15, 0.2) is 24.3 Å². The Kier molecular flexibility index (Phi) is 5.01. The minimum Gasteiger partial charge on any atom is -0.491 e. The van der Waals surface area contributed by atoms with Crippen LogP contribution >= 0.6 is 0 Å². The van der Waals surface area contributed by atoms with Gasteiger partial charge in [0.2, 0.25) is 0 Å². The molecule has 4 heteroatoms. The molecule has 110 valence electrons. The lowest BCUT2D eigenvalue weighted by atomic mass is 9.98. The maximum Gasteiger partial charge on any atom is 0.339 e. The summed E-state index contributed by atoms with van der Waals surface area (Å²) in [6.45, 7) is 5.87. The number of likely N-dealkylation sites (tertiary alicyclic amines) is 1. The molecule has 1 N–H and O–H groups in total. The first kappa shape index (κ1) is 14.9. The number of rotatable bonds is 5. The van der Waals surface area contributed by atoms with Gasteiger partial charge in [-0.3, -0.25) is 4.90 Å². The molecule has 1 aliphatic heterocycles. The lowest BCUT2D eigenvalue weighted by molar-refractivity contribution is 0.0683. The van der Waals surface area contributed by atoms with Crippen LogP contribution in [-0.4, -0.2) is 41.2 Å². The molecule has 0 unspecified atom stereocenters. The van der Waals surface area contributed by atoms with Gasteiger partial charge in [-0.05, 0) is 38.8 Å². The van der Waals surface area contributed by atoms with E-state index in [9.17, 15) is 4.79 Å². The molecule has 0 saturated carbocycles. The van der Waals surface area contributed by atoms with Crippen molar-refractivity contribution in [3.05, 3.63) is 29.8 Å². The molecule has 2 rings (SSSR count). The van der Waals surface area contributed by atoms with E-state index in [1.165, 1.54) is 19.3 Å². The molecule has 1 heterocycles. The van der Waals surface area contributed by atoms with E-state index in [0.717, 1.165) is 6.54 Å². The van der Waals surface area contributed by atoms with Crippen LogP contribution in [0.25, 0.3) is 0 Å². The molecular weight excluding hydrogens is 254 g/mol. The Bertz CT molecular complexity index is 451. The molecule has 0 radical (unpaired) electrons. The van der Waals surface area contributed by atoms with E-state index in [1.807, 2.05) is 0 Å². The maximum absolute atomic E-state index is 11.1. The predicted molar refractivity (Wildman–Crippen MR) is 78.4 cm³/mol. The monoisotopic (exact) mass is 277 g/mol. The number of para-hydroxylation sites is 1. The fraction of sp³-hybridized carbons (Fsp3) is 0.562. The van der Waals surface area contributed by atoms with E-state index in [4.69, 9.17) is 9.84 Å². The number of carboxylic acid groups (broad SMARTS) is 1. The summed E-state index contributed by atoms with van der Waals surface area (Å²) >= 11 is 0. The fourth-order valence-corrected chi connectivity index (χ4v) is 2.95.